The molecular formula is C16H30N2O. The van der Waals surface area contributed by atoms with Crippen molar-refractivity contribution in [2.45, 2.75) is 71.4 Å². The quantitative estimate of drug-likeness (QED) is 0.824. The van der Waals surface area contributed by atoms with Gasteiger partial charge in [-0.3, -0.25) is 4.79 Å². The topological polar surface area (TPSA) is 41.1 Å². The van der Waals surface area contributed by atoms with Crippen LogP contribution in [0.15, 0.2) is 0 Å². The first-order chi connectivity index (χ1) is 9.08. The SMILES string of the molecule is CC1CCC(C(=O)NC2CCCCC2C(C)C)CN1. The zero-order valence-electron chi connectivity index (χ0n) is 12.7. The second-order valence-corrected chi connectivity index (χ2v) is 6.89. The van der Waals surface area contributed by atoms with Crippen molar-refractivity contribution in [3.63, 3.8) is 0 Å². The highest BCUT2D eigenvalue weighted by Crippen LogP contribution is 2.30. The molecule has 1 aliphatic heterocycles. The van der Waals surface area contributed by atoms with E-state index in [9.17, 15) is 4.79 Å². The van der Waals surface area contributed by atoms with Crippen LogP contribution in [0, 0.1) is 17.8 Å². The van der Waals surface area contributed by atoms with Crippen molar-refractivity contribution in [1.29, 1.82) is 0 Å². The Balaban J connectivity index is 1.86. The van der Waals surface area contributed by atoms with E-state index in [2.05, 4.69) is 31.4 Å². The fourth-order valence-electron chi connectivity index (χ4n) is 3.66. The second-order valence-electron chi connectivity index (χ2n) is 6.89. The summed E-state index contributed by atoms with van der Waals surface area (Å²) in [6, 6.07) is 0.989. The van der Waals surface area contributed by atoms with E-state index < -0.39 is 0 Å². The van der Waals surface area contributed by atoms with Crippen LogP contribution in [-0.2, 0) is 4.79 Å². The number of amides is 1. The van der Waals surface area contributed by atoms with Gasteiger partial charge in [0.05, 0.1) is 5.92 Å². The molecule has 19 heavy (non-hydrogen) atoms. The molecule has 2 rings (SSSR count). The number of nitrogens with one attached hydrogen (secondary N) is 2. The Kier molecular flexibility index (Phi) is 5.26. The first-order valence-corrected chi connectivity index (χ1v) is 8.11. The molecule has 3 heteroatoms. The summed E-state index contributed by atoms with van der Waals surface area (Å²) in [5.41, 5.74) is 0. The summed E-state index contributed by atoms with van der Waals surface area (Å²) in [6.45, 7) is 7.63. The Labute approximate surface area is 117 Å². The average molecular weight is 266 g/mol. The molecular weight excluding hydrogens is 236 g/mol. The molecule has 1 amide bonds. The highest BCUT2D eigenvalue weighted by Gasteiger charge is 2.31. The lowest BCUT2D eigenvalue weighted by molar-refractivity contribution is -0.127. The van der Waals surface area contributed by atoms with Gasteiger partial charge in [0.1, 0.15) is 0 Å². The molecule has 0 radical (unpaired) electrons. The summed E-state index contributed by atoms with van der Waals surface area (Å²) in [4.78, 5) is 12.4. The van der Waals surface area contributed by atoms with Crippen LogP contribution < -0.4 is 10.6 Å². The van der Waals surface area contributed by atoms with Crippen LogP contribution in [0.1, 0.15) is 59.3 Å². The van der Waals surface area contributed by atoms with E-state index in [1.54, 1.807) is 0 Å². The van der Waals surface area contributed by atoms with E-state index in [0.29, 0.717) is 23.9 Å². The zero-order chi connectivity index (χ0) is 13.8. The van der Waals surface area contributed by atoms with Crippen molar-refractivity contribution in [1.82, 2.24) is 10.6 Å². The molecule has 0 aromatic heterocycles. The van der Waals surface area contributed by atoms with E-state index in [0.717, 1.165) is 19.4 Å². The summed E-state index contributed by atoms with van der Waals surface area (Å²) in [5.74, 6) is 1.83. The normalized spacial score (nSPS) is 36.2. The van der Waals surface area contributed by atoms with Gasteiger partial charge in [-0.2, -0.15) is 0 Å². The first kappa shape index (κ1) is 14.8. The molecule has 1 aliphatic carbocycles. The lowest BCUT2D eigenvalue weighted by Crippen LogP contribution is -2.50. The van der Waals surface area contributed by atoms with Crippen LogP contribution in [0.5, 0.6) is 0 Å². The Bertz CT molecular complexity index is 295. The monoisotopic (exact) mass is 266 g/mol. The van der Waals surface area contributed by atoms with E-state index in [1.165, 1.54) is 25.7 Å². The van der Waals surface area contributed by atoms with Crippen molar-refractivity contribution < 1.29 is 4.79 Å². The smallest absolute Gasteiger partial charge is 0.224 e. The molecule has 4 atom stereocenters. The summed E-state index contributed by atoms with van der Waals surface area (Å²) in [6.07, 6.45) is 7.22. The van der Waals surface area contributed by atoms with Gasteiger partial charge in [-0.15, -0.1) is 0 Å². The summed E-state index contributed by atoms with van der Waals surface area (Å²) >= 11 is 0. The minimum Gasteiger partial charge on any atom is -0.353 e. The van der Waals surface area contributed by atoms with Crippen LogP contribution in [0.2, 0.25) is 0 Å². The van der Waals surface area contributed by atoms with Gasteiger partial charge in [0.15, 0.2) is 0 Å². The highest BCUT2D eigenvalue weighted by molar-refractivity contribution is 5.79. The summed E-state index contributed by atoms with van der Waals surface area (Å²) < 4.78 is 0. The molecule has 1 saturated carbocycles. The van der Waals surface area contributed by atoms with Gasteiger partial charge >= 0.3 is 0 Å². The third kappa shape index (κ3) is 3.95. The highest BCUT2D eigenvalue weighted by atomic mass is 16.2. The molecule has 110 valence electrons. The predicted molar refractivity (Wildman–Crippen MR) is 78.9 cm³/mol. The second kappa shape index (κ2) is 6.74. The maximum atomic E-state index is 12.4. The minimum atomic E-state index is 0.186. The van der Waals surface area contributed by atoms with Crippen molar-refractivity contribution in [3.8, 4) is 0 Å². The third-order valence-electron chi connectivity index (χ3n) is 5.04. The first-order valence-electron chi connectivity index (χ1n) is 8.11. The van der Waals surface area contributed by atoms with E-state index >= 15 is 0 Å². The van der Waals surface area contributed by atoms with Gasteiger partial charge in [0.2, 0.25) is 5.91 Å². The van der Waals surface area contributed by atoms with Crippen LogP contribution in [0.25, 0.3) is 0 Å². The van der Waals surface area contributed by atoms with Crippen molar-refractivity contribution in [2.75, 3.05) is 6.54 Å². The lowest BCUT2D eigenvalue weighted by Gasteiger charge is -2.36. The zero-order valence-corrected chi connectivity index (χ0v) is 12.7. The number of carbonyl (C=O) groups is 1. The fraction of sp³-hybridized carbons (Fsp3) is 0.938. The molecule has 0 aromatic rings. The van der Waals surface area contributed by atoms with Gasteiger partial charge in [-0.05, 0) is 44.4 Å². The molecule has 1 saturated heterocycles. The van der Waals surface area contributed by atoms with E-state index in [4.69, 9.17) is 0 Å². The van der Waals surface area contributed by atoms with Crippen molar-refractivity contribution >= 4 is 5.91 Å². The molecule has 4 unspecified atom stereocenters. The van der Waals surface area contributed by atoms with Crippen LogP contribution >= 0.6 is 0 Å². The number of hydrogen-bond acceptors (Lipinski definition) is 2. The molecule has 2 aliphatic rings. The standard InChI is InChI=1S/C16H30N2O/c1-11(2)14-6-4-5-7-15(14)18-16(19)13-9-8-12(3)17-10-13/h11-15,17H,4-10H2,1-3H3,(H,18,19). The van der Waals surface area contributed by atoms with E-state index in [-0.39, 0.29) is 11.8 Å². The van der Waals surface area contributed by atoms with Crippen LogP contribution in [0.3, 0.4) is 0 Å². The van der Waals surface area contributed by atoms with Gasteiger partial charge < -0.3 is 10.6 Å². The maximum Gasteiger partial charge on any atom is 0.224 e. The van der Waals surface area contributed by atoms with Crippen molar-refractivity contribution in [2.24, 2.45) is 17.8 Å². The van der Waals surface area contributed by atoms with Crippen LogP contribution in [-0.4, -0.2) is 24.5 Å². The third-order valence-corrected chi connectivity index (χ3v) is 5.04. The maximum absolute atomic E-state index is 12.4. The van der Waals surface area contributed by atoms with Gasteiger partial charge in [-0.25, -0.2) is 0 Å². The Morgan fingerprint density at radius 3 is 2.53 bits per heavy atom. The summed E-state index contributed by atoms with van der Waals surface area (Å²) in [5, 5.41) is 6.78. The number of carbonyl (C=O) groups excluding carboxylic acids is 1. The Hall–Kier alpha value is -0.570. The molecule has 0 spiro atoms. The minimum absolute atomic E-state index is 0.186. The van der Waals surface area contributed by atoms with Gasteiger partial charge in [0, 0.05) is 18.6 Å². The number of rotatable bonds is 3. The number of hydrogen-bond donors (Lipinski definition) is 2. The molecule has 0 bridgehead atoms. The van der Waals surface area contributed by atoms with Gasteiger partial charge in [-0.1, -0.05) is 26.7 Å². The summed E-state index contributed by atoms with van der Waals surface area (Å²) in [7, 11) is 0. The Morgan fingerprint density at radius 1 is 1.16 bits per heavy atom. The Morgan fingerprint density at radius 2 is 1.89 bits per heavy atom. The molecule has 0 aromatic carbocycles. The fourth-order valence-corrected chi connectivity index (χ4v) is 3.66. The molecule has 1 heterocycles. The predicted octanol–water partition coefficient (Wildman–Crippen LogP) is 2.71. The number of piperidine rings is 1. The largest absolute Gasteiger partial charge is 0.353 e. The average Bonchev–Trinajstić information content (AvgIpc) is 2.39. The molecule has 3 nitrogen and oxygen atoms in total. The van der Waals surface area contributed by atoms with Crippen molar-refractivity contribution in [3.05, 3.63) is 0 Å². The van der Waals surface area contributed by atoms with Crippen LogP contribution in [0.4, 0.5) is 0 Å². The van der Waals surface area contributed by atoms with E-state index in [1.807, 2.05) is 0 Å². The van der Waals surface area contributed by atoms with Gasteiger partial charge in [0.25, 0.3) is 0 Å². The molecule has 2 fully saturated rings. The molecule has 2 N–H and O–H groups in total. The lowest BCUT2D eigenvalue weighted by atomic mass is 9.77.